The summed E-state index contributed by atoms with van der Waals surface area (Å²) in [4.78, 5) is 11.7. The number of fused-ring (bicyclic) bond motifs is 1. The zero-order chi connectivity index (χ0) is 13.0. The highest BCUT2D eigenvalue weighted by molar-refractivity contribution is 9.09. The molecule has 0 aliphatic heterocycles. The summed E-state index contributed by atoms with van der Waals surface area (Å²) >= 11 is 3.46. The highest BCUT2D eigenvalue weighted by atomic mass is 79.9. The third-order valence-corrected chi connectivity index (χ3v) is 3.66. The molecule has 4 heteroatoms. The third-order valence-electron chi connectivity index (χ3n) is 3.20. The Labute approximate surface area is 115 Å². The van der Waals surface area contributed by atoms with Crippen LogP contribution in [0.2, 0.25) is 0 Å². The largest absolute Gasteiger partial charge is 0.287 e. The molecule has 1 aromatic heterocycles. The summed E-state index contributed by atoms with van der Waals surface area (Å²) in [5.74, 6) is 0.657. The SMILES string of the molecule is CC(CCBr)CCn1ncc(=O)c2ccccc21. The second-order valence-corrected chi connectivity index (χ2v) is 5.41. The molecule has 0 spiro atoms. The maximum Gasteiger partial charge on any atom is 0.207 e. The van der Waals surface area contributed by atoms with Gasteiger partial charge in [-0.2, -0.15) is 5.10 Å². The van der Waals surface area contributed by atoms with Gasteiger partial charge in [-0.05, 0) is 30.9 Å². The summed E-state index contributed by atoms with van der Waals surface area (Å²) < 4.78 is 1.93. The summed E-state index contributed by atoms with van der Waals surface area (Å²) in [6.45, 7) is 3.10. The summed E-state index contributed by atoms with van der Waals surface area (Å²) in [5, 5.41) is 6.02. The normalized spacial score (nSPS) is 12.8. The first-order chi connectivity index (χ1) is 8.72. The number of aryl methyl sites for hydroxylation is 1. The molecule has 2 aromatic rings. The zero-order valence-corrected chi connectivity index (χ0v) is 12.1. The first-order valence-electron chi connectivity index (χ1n) is 6.23. The van der Waals surface area contributed by atoms with Gasteiger partial charge in [-0.1, -0.05) is 35.0 Å². The van der Waals surface area contributed by atoms with Crippen molar-refractivity contribution in [3.05, 3.63) is 40.7 Å². The van der Waals surface area contributed by atoms with Gasteiger partial charge in [0, 0.05) is 17.3 Å². The average Bonchev–Trinajstić information content (AvgIpc) is 2.39. The number of hydrogen-bond donors (Lipinski definition) is 0. The van der Waals surface area contributed by atoms with Gasteiger partial charge in [-0.3, -0.25) is 9.48 Å². The molecule has 1 atom stereocenters. The Morgan fingerprint density at radius 2 is 2.11 bits per heavy atom. The fourth-order valence-corrected chi connectivity index (χ4v) is 2.79. The van der Waals surface area contributed by atoms with E-state index in [4.69, 9.17) is 0 Å². The second kappa shape index (κ2) is 6.14. The van der Waals surface area contributed by atoms with Crippen LogP contribution in [0.1, 0.15) is 19.8 Å². The molecule has 0 aliphatic carbocycles. The molecule has 0 saturated carbocycles. The second-order valence-electron chi connectivity index (χ2n) is 4.62. The van der Waals surface area contributed by atoms with E-state index in [1.807, 2.05) is 28.9 Å². The Hall–Kier alpha value is -1.16. The minimum absolute atomic E-state index is 0.00430. The maximum atomic E-state index is 11.7. The van der Waals surface area contributed by atoms with E-state index in [2.05, 4.69) is 28.0 Å². The fourth-order valence-electron chi connectivity index (χ4n) is 2.01. The van der Waals surface area contributed by atoms with Gasteiger partial charge in [-0.25, -0.2) is 0 Å². The molecule has 2 rings (SSSR count). The van der Waals surface area contributed by atoms with Crippen LogP contribution in [0.15, 0.2) is 35.3 Å². The summed E-state index contributed by atoms with van der Waals surface area (Å²) in [5.41, 5.74) is 0.923. The number of aromatic nitrogens is 2. The van der Waals surface area contributed by atoms with Gasteiger partial charge < -0.3 is 0 Å². The maximum absolute atomic E-state index is 11.7. The molecule has 0 fully saturated rings. The van der Waals surface area contributed by atoms with Crippen LogP contribution in [-0.4, -0.2) is 15.1 Å². The first-order valence-corrected chi connectivity index (χ1v) is 7.35. The van der Waals surface area contributed by atoms with Crippen LogP contribution in [-0.2, 0) is 6.54 Å². The quantitative estimate of drug-likeness (QED) is 0.795. The van der Waals surface area contributed by atoms with E-state index in [9.17, 15) is 4.79 Å². The van der Waals surface area contributed by atoms with E-state index >= 15 is 0 Å². The smallest absolute Gasteiger partial charge is 0.207 e. The van der Waals surface area contributed by atoms with Crippen LogP contribution < -0.4 is 5.43 Å². The lowest BCUT2D eigenvalue weighted by atomic mass is 10.1. The topological polar surface area (TPSA) is 34.9 Å². The Kier molecular flexibility index (Phi) is 4.53. The van der Waals surface area contributed by atoms with Crippen LogP contribution in [0, 0.1) is 5.92 Å². The van der Waals surface area contributed by atoms with Crippen LogP contribution in [0.25, 0.3) is 10.9 Å². The van der Waals surface area contributed by atoms with Gasteiger partial charge in [0.15, 0.2) is 0 Å². The molecule has 0 N–H and O–H groups in total. The molecule has 0 aliphatic rings. The van der Waals surface area contributed by atoms with E-state index in [-0.39, 0.29) is 5.43 Å². The Morgan fingerprint density at radius 1 is 1.33 bits per heavy atom. The first kappa shape index (κ1) is 13.3. The van der Waals surface area contributed by atoms with Crippen molar-refractivity contribution in [2.45, 2.75) is 26.3 Å². The molecule has 3 nitrogen and oxygen atoms in total. The van der Waals surface area contributed by atoms with Crippen LogP contribution in [0.3, 0.4) is 0 Å². The molecule has 1 aromatic carbocycles. The molecule has 0 radical (unpaired) electrons. The van der Waals surface area contributed by atoms with Gasteiger partial charge in [0.05, 0.1) is 11.7 Å². The minimum atomic E-state index is -0.00430. The van der Waals surface area contributed by atoms with Crippen molar-refractivity contribution in [3.63, 3.8) is 0 Å². The van der Waals surface area contributed by atoms with Crippen molar-refractivity contribution in [1.29, 1.82) is 0 Å². The van der Waals surface area contributed by atoms with Crippen LogP contribution in [0.5, 0.6) is 0 Å². The Bertz CT molecular complexity index is 579. The molecule has 96 valence electrons. The average molecular weight is 309 g/mol. The molecule has 1 heterocycles. The van der Waals surface area contributed by atoms with E-state index < -0.39 is 0 Å². The van der Waals surface area contributed by atoms with E-state index in [1.54, 1.807) is 0 Å². The zero-order valence-electron chi connectivity index (χ0n) is 10.5. The molecular formula is C14H17BrN2O. The Balaban J connectivity index is 2.24. The lowest BCUT2D eigenvalue weighted by Crippen LogP contribution is -2.13. The molecule has 0 saturated heterocycles. The summed E-state index contributed by atoms with van der Waals surface area (Å²) in [6.07, 6.45) is 3.65. The number of nitrogens with zero attached hydrogens (tertiary/aromatic N) is 2. The number of alkyl halides is 1. The molecule has 0 amide bonds. The van der Waals surface area contributed by atoms with Gasteiger partial charge in [-0.15, -0.1) is 0 Å². The highest BCUT2D eigenvalue weighted by Gasteiger charge is 2.05. The number of hydrogen-bond acceptors (Lipinski definition) is 2. The summed E-state index contributed by atoms with van der Waals surface area (Å²) in [6, 6.07) is 7.65. The lowest BCUT2D eigenvalue weighted by Gasteiger charge is -2.12. The molecule has 18 heavy (non-hydrogen) atoms. The molecule has 0 bridgehead atoms. The third kappa shape index (κ3) is 2.99. The van der Waals surface area contributed by atoms with Crippen LogP contribution in [0.4, 0.5) is 0 Å². The highest BCUT2D eigenvalue weighted by Crippen LogP contribution is 2.13. The minimum Gasteiger partial charge on any atom is -0.287 e. The van der Waals surface area contributed by atoms with Crippen molar-refractivity contribution < 1.29 is 0 Å². The Morgan fingerprint density at radius 3 is 2.89 bits per heavy atom. The standard InChI is InChI=1S/C14H17BrN2O/c1-11(6-8-15)7-9-17-13-5-3-2-4-12(13)14(18)10-16-17/h2-5,10-11H,6-9H2,1H3. The van der Waals surface area contributed by atoms with Gasteiger partial charge in [0.25, 0.3) is 0 Å². The van der Waals surface area contributed by atoms with Crippen molar-refractivity contribution >= 4 is 26.8 Å². The predicted octanol–water partition coefficient (Wildman–Crippen LogP) is 3.21. The molecule has 1 unspecified atom stereocenters. The number of rotatable bonds is 5. The van der Waals surface area contributed by atoms with E-state index in [0.717, 1.165) is 35.6 Å². The molecular weight excluding hydrogens is 292 g/mol. The van der Waals surface area contributed by atoms with Gasteiger partial charge in [0.2, 0.25) is 5.43 Å². The number of halogens is 1. The van der Waals surface area contributed by atoms with E-state index in [0.29, 0.717) is 5.92 Å². The fraction of sp³-hybridized carbons (Fsp3) is 0.429. The monoisotopic (exact) mass is 308 g/mol. The van der Waals surface area contributed by atoms with Crippen molar-refractivity contribution in [1.82, 2.24) is 9.78 Å². The van der Waals surface area contributed by atoms with Gasteiger partial charge in [0.1, 0.15) is 0 Å². The predicted molar refractivity (Wildman–Crippen MR) is 78.2 cm³/mol. The summed E-state index contributed by atoms with van der Waals surface area (Å²) in [7, 11) is 0. The number of benzene rings is 1. The van der Waals surface area contributed by atoms with Crippen molar-refractivity contribution in [2.75, 3.05) is 5.33 Å². The van der Waals surface area contributed by atoms with Crippen molar-refractivity contribution in [3.8, 4) is 0 Å². The lowest BCUT2D eigenvalue weighted by molar-refractivity contribution is 0.455. The van der Waals surface area contributed by atoms with Crippen LogP contribution >= 0.6 is 15.9 Å². The van der Waals surface area contributed by atoms with E-state index in [1.165, 1.54) is 6.20 Å². The van der Waals surface area contributed by atoms with Crippen molar-refractivity contribution in [2.24, 2.45) is 5.92 Å². The van der Waals surface area contributed by atoms with Gasteiger partial charge >= 0.3 is 0 Å². The number of para-hydroxylation sites is 1.